The summed E-state index contributed by atoms with van der Waals surface area (Å²) in [5, 5.41) is 0.686. The molecule has 1 heterocycles. The smallest absolute Gasteiger partial charge is 0.161 e. The molecule has 6 heteroatoms. The van der Waals surface area contributed by atoms with E-state index >= 15 is 0 Å². The van der Waals surface area contributed by atoms with Gasteiger partial charge in [0.2, 0.25) is 0 Å². The largest absolute Gasteiger partial charge is 0.493 e. The highest BCUT2D eigenvalue weighted by Gasteiger charge is 2.13. The second-order valence-electron chi connectivity index (χ2n) is 7.24. The monoisotopic (exact) mass is 448 g/mol. The van der Waals surface area contributed by atoms with Crippen LogP contribution >= 0.6 is 11.6 Å². The van der Waals surface area contributed by atoms with Gasteiger partial charge in [-0.05, 0) is 60.5 Å². The minimum absolute atomic E-state index is 0.312. The van der Waals surface area contributed by atoms with E-state index in [1.54, 1.807) is 7.11 Å². The molecule has 0 saturated heterocycles. The average molecular weight is 449 g/mol. The van der Waals surface area contributed by atoms with Crippen LogP contribution in [0.5, 0.6) is 17.2 Å². The van der Waals surface area contributed by atoms with Gasteiger partial charge in [-0.2, -0.15) is 0 Å². The Morgan fingerprint density at radius 3 is 2.59 bits per heavy atom. The van der Waals surface area contributed by atoms with Crippen LogP contribution in [0.4, 0.5) is 0 Å². The normalized spacial score (nSPS) is 10.8. The molecule has 0 atom stereocenters. The quantitative estimate of drug-likeness (QED) is 0.275. The molecule has 0 aliphatic rings. The highest BCUT2D eigenvalue weighted by atomic mass is 35.5. The number of fused-ring (bicyclic) bond motifs is 1. The molecule has 0 N–H and O–H groups in total. The zero-order chi connectivity index (χ0) is 22.3. The third-order valence-electron chi connectivity index (χ3n) is 5.10. The third kappa shape index (κ3) is 5.06. The van der Waals surface area contributed by atoms with Gasteiger partial charge in [-0.25, -0.2) is 4.98 Å². The molecule has 0 amide bonds. The zero-order valence-electron chi connectivity index (χ0n) is 18.0. The molecule has 3 aromatic carbocycles. The summed E-state index contributed by atoms with van der Waals surface area (Å²) in [6.45, 7) is 5.23. The predicted molar refractivity (Wildman–Crippen MR) is 128 cm³/mol. The lowest BCUT2D eigenvalue weighted by atomic mass is 10.1. The number of nitrogens with zero attached hydrogens (tertiary/aromatic N) is 2. The summed E-state index contributed by atoms with van der Waals surface area (Å²) in [6.07, 6.45) is 2.64. The first kappa shape index (κ1) is 21.8. The van der Waals surface area contributed by atoms with Gasteiger partial charge < -0.3 is 18.8 Å². The first-order valence-electron chi connectivity index (χ1n) is 10.4. The SMILES string of the molecule is C=CCc1ccc(OCc2nc3ccccc3n2CCOc2ccc(Cl)cc2)c(OC)c1. The van der Waals surface area contributed by atoms with E-state index in [0.29, 0.717) is 36.3 Å². The minimum atomic E-state index is 0.312. The van der Waals surface area contributed by atoms with Gasteiger partial charge >= 0.3 is 0 Å². The maximum Gasteiger partial charge on any atom is 0.161 e. The van der Waals surface area contributed by atoms with Crippen LogP contribution in [-0.2, 0) is 19.6 Å². The van der Waals surface area contributed by atoms with Gasteiger partial charge in [0, 0.05) is 5.02 Å². The molecule has 1 aromatic heterocycles. The molecule has 0 fully saturated rings. The Bertz CT molecular complexity index is 1200. The van der Waals surface area contributed by atoms with Crippen molar-refractivity contribution in [3.8, 4) is 17.2 Å². The number of rotatable bonds is 10. The van der Waals surface area contributed by atoms with E-state index in [2.05, 4.69) is 17.2 Å². The van der Waals surface area contributed by atoms with Crippen LogP contribution in [0.15, 0.2) is 79.4 Å². The summed E-state index contributed by atoms with van der Waals surface area (Å²) < 4.78 is 19.6. The van der Waals surface area contributed by atoms with Crippen molar-refractivity contribution in [1.82, 2.24) is 9.55 Å². The van der Waals surface area contributed by atoms with Crippen molar-refractivity contribution in [3.05, 3.63) is 95.8 Å². The molecule has 164 valence electrons. The lowest BCUT2D eigenvalue weighted by Crippen LogP contribution is -2.13. The molecule has 0 unspecified atom stereocenters. The number of para-hydroxylation sites is 2. The molecule has 0 aliphatic heterocycles. The van der Waals surface area contributed by atoms with Crippen LogP contribution < -0.4 is 14.2 Å². The fraction of sp³-hybridized carbons (Fsp3) is 0.192. The van der Waals surface area contributed by atoms with Gasteiger partial charge in [-0.15, -0.1) is 6.58 Å². The van der Waals surface area contributed by atoms with Crippen molar-refractivity contribution in [2.75, 3.05) is 13.7 Å². The number of halogens is 1. The van der Waals surface area contributed by atoms with Crippen molar-refractivity contribution < 1.29 is 14.2 Å². The lowest BCUT2D eigenvalue weighted by molar-refractivity contribution is 0.261. The molecule has 0 bridgehead atoms. The highest BCUT2D eigenvalue weighted by Crippen LogP contribution is 2.29. The van der Waals surface area contributed by atoms with Gasteiger partial charge in [0.25, 0.3) is 0 Å². The molecule has 0 spiro atoms. The fourth-order valence-electron chi connectivity index (χ4n) is 3.54. The number of methoxy groups -OCH3 is 1. The number of imidazole rings is 1. The molecule has 0 radical (unpaired) electrons. The van der Waals surface area contributed by atoms with E-state index in [-0.39, 0.29) is 0 Å². The van der Waals surface area contributed by atoms with Crippen molar-refractivity contribution in [2.24, 2.45) is 0 Å². The van der Waals surface area contributed by atoms with E-state index in [0.717, 1.165) is 34.6 Å². The number of aromatic nitrogens is 2. The summed E-state index contributed by atoms with van der Waals surface area (Å²) in [7, 11) is 1.64. The number of ether oxygens (including phenoxy) is 3. The lowest BCUT2D eigenvalue weighted by Gasteiger charge is -2.14. The van der Waals surface area contributed by atoms with Crippen molar-refractivity contribution >= 4 is 22.6 Å². The van der Waals surface area contributed by atoms with Crippen LogP contribution in [0.1, 0.15) is 11.4 Å². The van der Waals surface area contributed by atoms with Crippen LogP contribution in [0.2, 0.25) is 5.02 Å². The van der Waals surface area contributed by atoms with Crippen LogP contribution in [0.3, 0.4) is 0 Å². The van der Waals surface area contributed by atoms with Crippen LogP contribution in [0, 0.1) is 0 Å². The molecule has 0 saturated carbocycles. The third-order valence-corrected chi connectivity index (χ3v) is 5.35. The second-order valence-corrected chi connectivity index (χ2v) is 7.67. The van der Waals surface area contributed by atoms with Gasteiger partial charge in [-0.1, -0.05) is 35.9 Å². The van der Waals surface area contributed by atoms with Crippen LogP contribution in [0.25, 0.3) is 11.0 Å². The van der Waals surface area contributed by atoms with E-state index < -0.39 is 0 Å². The Balaban J connectivity index is 1.51. The topological polar surface area (TPSA) is 45.5 Å². The first-order chi connectivity index (χ1) is 15.7. The molecular weight excluding hydrogens is 424 g/mol. The zero-order valence-corrected chi connectivity index (χ0v) is 18.7. The maximum absolute atomic E-state index is 6.11. The first-order valence-corrected chi connectivity index (χ1v) is 10.8. The molecular formula is C26H25ClN2O3. The molecule has 32 heavy (non-hydrogen) atoms. The summed E-state index contributed by atoms with van der Waals surface area (Å²) in [4.78, 5) is 4.78. The Morgan fingerprint density at radius 1 is 1.00 bits per heavy atom. The number of hydrogen-bond donors (Lipinski definition) is 0. The van der Waals surface area contributed by atoms with Crippen LogP contribution in [-0.4, -0.2) is 23.3 Å². The number of hydrogen-bond acceptors (Lipinski definition) is 4. The Labute approximate surface area is 192 Å². The summed E-state index contributed by atoms with van der Waals surface area (Å²) in [5.74, 6) is 2.97. The van der Waals surface area contributed by atoms with E-state index in [1.165, 1.54) is 0 Å². The number of allylic oxidation sites excluding steroid dienone is 1. The van der Waals surface area contributed by atoms with Gasteiger partial charge in [0.15, 0.2) is 11.5 Å². The van der Waals surface area contributed by atoms with E-state index in [1.807, 2.05) is 66.7 Å². The minimum Gasteiger partial charge on any atom is -0.493 e. The Morgan fingerprint density at radius 2 is 1.81 bits per heavy atom. The fourth-order valence-corrected chi connectivity index (χ4v) is 3.66. The molecule has 4 aromatic rings. The van der Waals surface area contributed by atoms with Crippen molar-refractivity contribution in [1.29, 1.82) is 0 Å². The Hall–Kier alpha value is -3.44. The Kier molecular flexibility index (Phi) is 6.97. The average Bonchev–Trinajstić information content (AvgIpc) is 3.17. The summed E-state index contributed by atoms with van der Waals surface area (Å²) >= 11 is 5.95. The van der Waals surface area contributed by atoms with Gasteiger partial charge in [-0.3, -0.25) is 0 Å². The van der Waals surface area contributed by atoms with E-state index in [4.69, 9.17) is 30.8 Å². The number of benzene rings is 3. The standard InChI is InChI=1S/C26H25ClN2O3/c1-3-6-19-9-14-24(25(17-19)30-2)32-18-26-28-22-7-4-5-8-23(22)29(26)15-16-31-21-12-10-20(27)11-13-21/h3-5,7-14,17H,1,6,15-16,18H2,2H3. The summed E-state index contributed by atoms with van der Waals surface area (Å²) in [5.41, 5.74) is 3.08. The summed E-state index contributed by atoms with van der Waals surface area (Å²) in [6, 6.07) is 21.3. The van der Waals surface area contributed by atoms with E-state index in [9.17, 15) is 0 Å². The van der Waals surface area contributed by atoms with Gasteiger partial charge in [0.1, 0.15) is 24.8 Å². The van der Waals surface area contributed by atoms with Crippen molar-refractivity contribution in [3.63, 3.8) is 0 Å². The molecule has 0 aliphatic carbocycles. The van der Waals surface area contributed by atoms with Gasteiger partial charge in [0.05, 0.1) is 24.7 Å². The van der Waals surface area contributed by atoms with Crippen molar-refractivity contribution in [2.45, 2.75) is 19.6 Å². The highest BCUT2D eigenvalue weighted by molar-refractivity contribution is 6.30. The maximum atomic E-state index is 6.11. The molecule has 5 nitrogen and oxygen atoms in total. The predicted octanol–water partition coefficient (Wildman–Crippen LogP) is 6.08. The molecule has 4 rings (SSSR count). The second kappa shape index (κ2) is 10.2.